The van der Waals surface area contributed by atoms with Crippen molar-refractivity contribution in [2.24, 2.45) is 5.10 Å². The summed E-state index contributed by atoms with van der Waals surface area (Å²) in [5.41, 5.74) is 0.234. The molecule has 2 amide bonds. The van der Waals surface area contributed by atoms with Gasteiger partial charge < -0.3 is 15.0 Å². The number of nitrogens with one attached hydrogen (secondary N) is 1. The molecular formula is C20H24FN5O3. The summed E-state index contributed by atoms with van der Waals surface area (Å²) in [6, 6.07) is 4.56. The van der Waals surface area contributed by atoms with Crippen molar-refractivity contribution >= 4 is 29.7 Å². The molecule has 1 N–H and O–H groups in total. The Morgan fingerprint density at radius 2 is 2.21 bits per heavy atom. The Kier molecular flexibility index (Phi) is 5.64. The summed E-state index contributed by atoms with van der Waals surface area (Å²) < 4.78 is 20.0. The fourth-order valence-corrected chi connectivity index (χ4v) is 3.12. The van der Waals surface area contributed by atoms with Gasteiger partial charge in [0.15, 0.2) is 0 Å². The Morgan fingerprint density at radius 1 is 1.45 bits per heavy atom. The molecule has 0 spiro atoms. The fourth-order valence-electron chi connectivity index (χ4n) is 3.12. The Balaban J connectivity index is 1.70. The van der Waals surface area contributed by atoms with Gasteiger partial charge in [-0.15, -0.1) is 6.42 Å². The smallest absolute Gasteiger partial charge is 0.414 e. The quantitative estimate of drug-likeness (QED) is 0.761. The summed E-state index contributed by atoms with van der Waals surface area (Å²) in [6.07, 6.45) is 6.04. The minimum atomic E-state index is -0.570. The number of ether oxygens (including phenoxy) is 1. The Hall–Kier alpha value is -3.28. The van der Waals surface area contributed by atoms with Crippen LogP contribution in [0.5, 0.6) is 0 Å². The van der Waals surface area contributed by atoms with E-state index >= 15 is 0 Å². The number of anilines is 2. The predicted octanol–water partition coefficient (Wildman–Crippen LogP) is 1.76. The molecule has 0 saturated carbocycles. The molecular weight excluding hydrogens is 377 g/mol. The number of carbonyl (C=O) groups is 2. The molecule has 2 heterocycles. The van der Waals surface area contributed by atoms with Gasteiger partial charge in [0.05, 0.1) is 31.0 Å². The van der Waals surface area contributed by atoms with Crippen molar-refractivity contribution in [2.75, 3.05) is 36.0 Å². The topological polar surface area (TPSA) is 77.5 Å². The average molecular weight is 401 g/mol. The van der Waals surface area contributed by atoms with Crippen LogP contribution in [0.3, 0.4) is 0 Å². The maximum absolute atomic E-state index is 14.8. The van der Waals surface area contributed by atoms with E-state index in [1.807, 2.05) is 13.8 Å². The minimum Gasteiger partial charge on any atom is -0.442 e. The molecule has 0 aromatic heterocycles. The van der Waals surface area contributed by atoms with Crippen LogP contribution >= 0.6 is 0 Å². The molecule has 1 atom stereocenters. The van der Waals surface area contributed by atoms with Gasteiger partial charge in [0.2, 0.25) is 5.91 Å². The van der Waals surface area contributed by atoms with E-state index in [9.17, 15) is 14.0 Å². The lowest BCUT2D eigenvalue weighted by atomic mass is 10.1. The van der Waals surface area contributed by atoms with E-state index in [0.29, 0.717) is 24.5 Å². The van der Waals surface area contributed by atoms with Crippen molar-refractivity contribution in [1.82, 2.24) is 10.3 Å². The van der Waals surface area contributed by atoms with Gasteiger partial charge in [-0.3, -0.25) is 14.7 Å². The molecule has 2 aliphatic heterocycles. The maximum atomic E-state index is 14.8. The normalized spacial score (nSPS) is 19.2. The molecule has 2 aliphatic rings. The number of halogens is 1. The number of terminal acetylenes is 1. The number of benzene rings is 1. The third-order valence-corrected chi connectivity index (χ3v) is 4.89. The second-order valence-electron chi connectivity index (χ2n) is 7.44. The van der Waals surface area contributed by atoms with Crippen LogP contribution in [0.4, 0.5) is 20.6 Å². The van der Waals surface area contributed by atoms with Crippen molar-refractivity contribution in [3.8, 4) is 12.3 Å². The molecule has 1 aromatic carbocycles. The highest BCUT2D eigenvalue weighted by Crippen LogP contribution is 2.28. The first kappa shape index (κ1) is 20.5. The van der Waals surface area contributed by atoms with E-state index in [-0.39, 0.29) is 19.0 Å². The second kappa shape index (κ2) is 7.99. The highest BCUT2D eigenvalue weighted by atomic mass is 19.1. The number of rotatable bonds is 5. The molecule has 29 heavy (non-hydrogen) atoms. The zero-order chi connectivity index (χ0) is 21.2. The van der Waals surface area contributed by atoms with Gasteiger partial charge in [0, 0.05) is 13.5 Å². The molecule has 0 radical (unpaired) electrons. The van der Waals surface area contributed by atoms with Crippen LogP contribution in [0.25, 0.3) is 0 Å². The lowest BCUT2D eigenvalue weighted by Crippen LogP contribution is -2.47. The van der Waals surface area contributed by atoms with Crippen LogP contribution in [-0.4, -0.2) is 61.2 Å². The van der Waals surface area contributed by atoms with Crippen LogP contribution in [0.15, 0.2) is 23.3 Å². The van der Waals surface area contributed by atoms with E-state index in [1.165, 1.54) is 17.9 Å². The van der Waals surface area contributed by atoms with Gasteiger partial charge in [-0.2, -0.15) is 5.10 Å². The van der Waals surface area contributed by atoms with Gasteiger partial charge in [0.25, 0.3) is 0 Å². The number of amides is 2. The zero-order valence-corrected chi connectivity index (χ0v) is 16.7. The summed E-state index contributed by atoms with van der Waals surface area (Å²) in [7, 11) is 0. The van der Waals surface area contributed by atoms with Crippen molar-refractivity contribution in [1.29, 1.82) is 0 Å². The monoisotopic (exact) mass is 401 g/mol. The SMILES string of the molecule is C#CC(C)(C)N1CCN(c2ccc(N3C[C@H](CNC(C)=O)OC3=O)cc2F)C=N1. The summed E-state index contributed by atoms with van der Waals surface area (Å²) in [6.45, 7) is 6.70. The molecule has 9 heteroatoms. The molecule has 154 valence electrons. The Bertz CT molecular complexity index is 879. The number of hydrazone groups is 1. The molecule has 0 unspecified atom stereocenters. The first-order chi connectivity index (χ1) is 13.7. The number of hydrogen-bond donors (Lipinski definition) is 1. The van der Waals surface area contributed by atoms with Crippen LogP contribution in [0.2, 0.25) is 0 Å². The van der Waals surface area contributed by atoms with Crippen LogP contribution < -0.4 is 15.1 Å². The molecule has 1 saturated heterocycles. The highest BCUT2D eigenvalue weighted by Gasteiger charge is 2.33. The zero-order valence-electron chi connectivity index (χ0n) is 16.7. The first-order valence-electron chi connectivity index (χ1n) is 9.29. The van der Waals surface area contributed by atoms with Crippen molar-refractivity contribution in [3.05, 3.63) is 24.0 Å². The molecule has 3 rings (SSSR count). The lowest BCUT2D eigenvalue weighted by molar-refractivity contribution is -0.119. The fraction of sp³-hybridized carbons (Fsp3) is 0.450. The van der Waals surface area contributed by atoms with Crippen molar-refractivity contribution < 1.29 is 18.7 Å². The largest absolute Gasteiger partial charge is 0.442 e. The van der Waals surface area contributed by atoms with E-state index in [2.05, 4.69) is 16.3 Å². The molecule has 0 aliphatic carbocycles. The Morgan fingerprint density at radius 3 is 2.79 bits per heavy atom. The van der Waals surface area contributed by atoms with Gasteiger partial charge in [-0.1, -0.05) is 5.92 Å². The summed E-state index contributed by atoms with van der Waals surface area (Å²) in [4.78, 5) is 26.2. The van der Waals surface area contributed by atoms with Crippen molar-refractivity contribution in [2.45, 2.75) is 32.4 Å². The van der Waals surface area contributed by atoms with E-state index in [1.54, 1.807) is 28.4 Å². The number of carbonyl (C=O) groups excluding carboxylic acids is 2. The predicted molar refractivity (Wildman–Crippen MR) is 108 cm³/mol. The number of cyclic esters (lactones) is 1. The van der Waals surface area contributed by atoms with E-state index in [0.717, 1.165) is 0 Å². The van der Waals surface area contributed by atoms with Crippen LogP contribution in [-0.2, 0) is 9.53 Å². The number of hydrogen-bond acceptors (Lipinski definition) is 6. The maximum Gasteiger partial charge on any atom is 0.414 e. The van der Waals surface area contributed by atoms with Crippen LogP contribution in [0, 0.1) is 18.2 Å². The third-order valence-electron chi connectivity index (χ3n) is 4.89. The van der Waals surface area contributed by atoms with E-state index in [4.69, 9.17) is 11.2 Å². The minimum absolute atomic E-state index is 0.206. The summed E-state index contributed by atoms with van der Waals surface area (Å²) in [5, 5.41) is 8.72. The average Bonchev–Trinajstić information content (AvgIpc) is 3.07. The first-order valence-corrected chi connectivity index (χ1v) is 9.29. The van der Waals surface area contributed by atoms with Crippen LogP contribution in [0.1, 0.15) is 20.8 Å². The number of nitrogens with zero attached hydrogens (tertiary/aromatic N) is 4. The van der Waals surface area contributed by atoms with Crippen molar-refractivity contribution in [3.63, 3.8) is 0 Å². The summed E-state index contributed by atoms with van der Waals surface area (Å²) >= 11 is 0. The van der Waals surface area contributed by atoms with Gasteiger partial charge in [-0.25, -0.2) is 9.18 Å². The molecule has 1 fully saturated rings. The third kappa shape index (κ3) is 4.42. The lowest BCUT2D eigenvalue weighted by Gasteiger charge is -2.37. The molecule has 1 aromatic rings. The van der Waals surface area contributed by atoms with E-state index < -0.39 is 23.6 Å². The van der Waals surface area contributed by atoms with Gasteiger partial charge >= 0.3 is 6.09 Å². The second-order valence-corrected chi connectivity index (χ2v) is 7.44. The highest BCUT2D eigenvalue weighted by molar-refractivity contribution is 5.90. The molecule has 0 bridgehead atoms. The van der Waals surface area contributed by atoms with Gasteiger partial charge in [-0.05, 0) is 32.0 Å². The summed E-state index contributed by atoms with van der Waals surface area (Å²) in [5.74, 6) is 2.00. The standard InChI is InChI=1S/C20H24FN5O3/c1-5-20(3,4)26-9-8-24(13-23-26)18-7-6-15(10-17(18)21)25-12-16(29-19(25)28)11-22-14(2)27/h1,6-7,10,13,16H,8-9,11-12H2,2-4H3,(H,22,27)/t16-/m0/s1. The van der Waals surface area contributed by atoms with Gasteiger partial charge in [0.1, 0.15) is 23.8 Å². The molecule has 8 nitrogen and oxygen atoms in total. The Labute approximate surface area is 169 Å².